The number of hydrogen-bond donors (Lipinski definition) is 3. The first-order valence-electron chi connectivity index (χ1n) is 8.70. The molecule has 148 valence electrons. The van der Waals surface area contributed by atoms with Crippen molar-refractivity contribution in [2.45, 2.75) is 97.1 Å². The lowest BCUT2D eigenvalue weighted by Gasteiger charge is -2.41. The molecule has 25 heavy (non-hydrogen) atoms. The van der Waals surface area contributed by atoms with Crippen LogP contribution in [0.5, 0.6) is 0 Å². The number of aliphatic hydroxyl groups excluding tert-OH is 3. The Bertz CT molecular complexity index is 453. The molecule has 0 bridgehead atoms. The largest absolute Gasteiger partial charge is 0.460 e. The van der Waals surface area contributed by atoms with Crippen LogP contribution in [0.1, 0.15) is 61.3 Å². The zero-order chi connectivity index (χ0) is 19.6. The highest BCUT2D eigenvalue weighted by Gasteiger charge is 2.42. The third kappa shape index (κ3) is 6.83. The maximum atomic E-state index is 12.4. The highest BCUT2D eigenvalue weighted by Crippen LogP contribution is 2.35. The fourth-order valence-electron chi connectivity index (χ4n) is 3.09. The van der Waals surface area contributed by atoms with Gasteiger partial charge in [0.05, 0.1) is 23.7 Å². The summed E-state index contributed by atoms with van der Waals surface area (Å²) in [6.45, 7) is 12.3. The van der Waals surface area contributed by atoms with E-state index in [1.807, 2.05) is 34.6 Å². The molecule has 4 atom stereocenters. The second-order valence-corrected chi connectivity index (χ2v) is 9.02. The van der Waals surface area contributed by atoms with Gasteiger partial charge in [-0.25, -0.2) is 0 Å². The Morgan fingerprint density at radius 3 is 2.16 bits per heavy atom. The molecule has 1 rings (SSSR count). The second-order valence-electron chi connectivity index (χ2n) is 9.02. The number of esters is 1. The summed E-state index contributed by atoms with van der Waals surface area (Å²) < 4.78 is 16.9. The Labute approximate surface area is 150 Å². The van der Waals surface area contributed by atoms with Crippen LogP contribution in [0.4, 0.5) is 0 Å². The van der Waals surface area contributed by atoms with Crippen molar-refractivity contribution in [1.29, 1.82) is 0 Å². The van der Waals surface area contributed by atoms with Gasteiger partial charge in [0, 0.05) is 6.42 Å². The molecule has 1 aliphatic rings. The molecule has 0 aromatic rings. The summed E-state index contributed by atoms with van der Waals surface area (Å²) in [5.41, 5.74) is -2.09. The summed E-state index contributed by atoms with van der Waals surface area (Å²) >= 11 is 0. The Morgan fingerprint density at radius 1 is 1.12 bits per heavy atom. The monoisotopic (exact) mass is 362 g/mol. The Balaban J connectivity index is 2.72. The SMILES string of the molecule is CC(C)(C)OC(=O)C(C)(C)CC(C)(C)O[C@H]1C[C@@H](O)[C@H](O)[C@@H](CO)O1. The van der Waals surface area contributed by atoms with Crippen molar-refractivity contribution in [3.63, 3.8) is 0 Å². The van der Waals surface area contributed by atoms with Crippen LogP contribution in [-0.4, -0.2) is 63.7 Å². The molecule has 0 unspecified atom stereocenters. The van der Waals surface area contributed by atoms with E-state index >= 15 is 0 Å². The van der Waals surface area contributed by atoms with E-state index in [9.17, 15) is 20.1 Å². The maximum Gasteiger partial charge on any atom is 0.312 e. The summed E-state index contributed by atoms with van der Waals surface area (Å²) in [7, 11) is 0. The zero-order valence-corrected chi connectivity index (χ0v) is 16.4. The third-order valence-corrected chi connectivity index (χ3v) is 3.99. The van der Waals surface area contributed by atoms with Gasteiger partial charge < -0.3 is 29.5 Å². The van der Waals surface area contributed by atoms with Gasteiger partial charge in [0.1, 0.15) is 17.8 Å². The van der Waals surface area contributed by atoms with Crippen molar-refractivity contribution in [2.75, 3.05) is 6.61 Å². The highest BCUT2D eigenvalue weighted by atomic mass is 16.7. The first kappa shape index (κ1) is 22.3. The predicted molar refractivity (Wildman–Crippen MR) is 91.8 cm³/mol. The number of ether oxygens (including phenoxy) is 3. The fourth-order valence-corrected chi connectivity index (χ4v) is 3.09. The van der Waals surface area contributed by atoms with Crippen molar-refractivity contribution in [2.24, 2.45) is 5.41 Å². The number of carbonyl (C=O) groups excluding carboxylic acids is 1. The minimum atomic E-state index is -1.15. The van der Waals surface area contributed by atoms with E-state index in [1.54, 1.807) is 13.8 Å². The van der Waals surface area contributed by atoms with E-state index in [0.717, 1.165) is 0 Å². The van der Waals surface area contributed by atoms with Crippen LogP contribution in [0, 0.1) is 5.41 Å². The standard InChI is InChI=1S/C18H34O7/c1-16(2,3)25-15(22)17(4,5)10-18(6,7)24-13-8-11(20)14(21)12(9-19)23-13/h11-14,19-21H,8-10H2,1-7H3/t11-,12-,13+,14+/m1/s1. The van der Waals surface area contributed by atoms with Gasteiger partial charge in [-0.1, -0.05) is 0 Å². The average molecular weight is 362 g/mol. The van der Waals surface area contributed by atoms with E-state index in [4.69, 9.17) is 14.2 Å². The van der Waals surface area contributed by atoms with Gasteiger partial charge in [0.2, 0.25) is 0 Å². The minimum Gasteiger partial charge on any atom is -0.460 e. The second kappa shape index (κ2) is 7.88. The van der Waals surface area contributed by atoms with E-state index < -0.39 is 47.8 Å². The van der Waals surface area contributed by atoms with Crippen molar-refractivity contribution in [3.8, 4) is 0 Å². The minimum absolute atomic E-state index is 0.0912. The van der Waals surface area contributed by atoms with Crippen molar-refractivity contribution in [1.82, 2.24) is 0 Å². The summed E-state index contributed by atoms with van der Waals surface area (Å²) in [5.74, 6) is -0.315. The van der Waals surface area contributed by atoms with E-state index in [-0.39, 0.29) is 12.4 Å². The zero-order valence-electron chi connectivity index (χ0n) is 16.4. The smallest absolute Gasteiger partial charge is 0.312 e. The molecule has 0 spiro atoms. The van der Waals surface area contributed by atoms with Crippen molar-refractivity contribution in [3.05, 3.63) is 0 Å². The molecule has 1 fully saturated rings. The lowest BCUT2D eigenvalue weighted by molar-refractivity contribution is -0.287. The van der Waals surface area contributed by atoms with Gasteiger partial charge in [0.25, 0.3) is 0 Å². The molecule has 1 aliphatic heterocycles. The van der Waals surface area contributed by atoms with Gasteiger partial charge in [0.15, 0.2) is 6.29 Å². The normalized spacial score (nSPS) is 28.7. The first-order valence-corrected chi connectivity index (χ1v) is 8.70. The van der Waals surface area contributed by atoms with Gasteiger partial charge >= 0.3 is 5.97 Å². The van der Waals surface area contributed by atoms with Crippen LogP contribution >= 0.6 is 0 Å². The lowest BCUT2D eigenvalue weighted by Crippen LogP contribution is -2.52. The molecule has 7 heteroatoms. The number of aliphatic hydroxyl groups is 3. The highest BCUT2D eigenvalue weighted by molar-refractivity contribution is 5.76. The molecule has 0 radical (unpaired) electrons. The first-order chi connectivity index (χ1) is 11.2. The molecule has 3 N–H and O–H groups in total. The van der Waals surface area contributed by atoms with Gasteiger partial charge in [-0.2, -0.15) is 0 Å². The molecule has 1 saturated heterocycles. The molecule has 0 amide bonds. The lowest BCUT2D eigenvalue weighted by atomic mass is 9.81. The molecule has 0 saturated carbocycles. The summed E-state index contributed by atoms with van der Waals surface area (Å²) in [5, 5.41) is 28.9. The molecule has 0 aromatic carbocycles. The Hall–Kier alpha value is -0.730. The molecule has 0 aromatic heterocycles. The topological polar surface area (TPSA) is 105 Å². The molecule has 7 nitrogen and oxygen atoms in total. The quantitative estimate of drug-likeness (QED) is 0.613. The van der Waals surface area contributed by atoms with Crippen LogP contribution in [-0.2, 0) is 19.0 Å². The fraction of sp³-hybridized carbons (Fsp3) is 0.944. The Morgan fingerprint density at radius 2 is 1.68 bits per heavy atom. The molecular weight excluding hydrogens is 328 g/mol. The van der Waals surface area contributed by atoms with Gasteiger partial charge in [-0.05, 0) is 54.9 Å². The van der Waals surface area contributed by atoms with Gasteiger partial charge in [-0.15, -0.1) is 0 Å². The summed E-state index contributed by atoms with van der Waals surface area (Å²) in [6.07, 6.45) is -3.40. The predicted octanol–water partition coefficient (Wildman–Crippen LogP) is 1.37. The van der Waals surface area contributed by atoms with Crippen LogP contribution in [0.3, 0.4) is 0 Å². The number of hydrogen-bond acceptors (Lipinski definition) is 7. The molecule has 0 aliphatic carbocycles. The van der Waals surface area contributed by atoms with E-state index in [1.165, 1.54) is 0 Å². The van der Waals surface area contributed by atoms with E-state index in [0.29, 0.717) is 6.42 Å². The Kier molecular flexibility index (Phi) is 7.03. The summed E-state index contributed by atoms with van der Waals surface area (Å²) in [6, 6.07) is 0. The van der Waals surface area contributed by atoms with Crippen molar-refractivity contribution < 1.29 is 34.3 Å². The van der Waals surface area contributed by atoms with Crippen LogP contribution in [0.2, 0.25) is 0 Å². The molecular formula is C18H34O7. The van der Waals surface area contributed by atoms with Crippen molar-refractivity contribution >= 4 is 5.97 Å². The maximum absolute atomic E-state index is 12.4. The average Bonchev–Trinajstić information content (AvgIpc) is 2.38. The van der Waals surface area contributed by atoms with Gasteiger partial charge in [-0.3, -0.25) is 4.79 Å². The van der Waals surface area contributed by atoms with Crippen LogP contribution < -0.4 is 0 Å². The number of carbonyl (C=O) groups is 1. The summed E-state index contributed by atoms with van der Waals surface area (Å²) in [4.78, 5) is 12.4. The van der Waals surface area contributed by atoms with Crippen LogP contribution in [0.25, 0.3) is 0 Å². The van der Waals surface area contributed by atoms with E-state index in [2.05, 4.69) is 0 Å². The molecule has 1 heterocycles. The van der Waals surface area contributed by atoms with Crippen LogP contribution in [0.15, 0.2) is 0 Å². The third-order valence-electron chi connectivity index (χ3n) is 3.99. The number of rotatable bonds is 6.